The fourth-order valence-corrected chi connectivity index (χ4v) is 3.86. The van der Waals surface area contributed by atoms with Gasteiger partial charge in [0.2, 0.25) is 0 Å². The number of phenols is 1. The van der Waals surface area contributed by atoms with E-state index in [1.807, 2.05) is 0 Å². The zero-order valence-corrected chi connectivity index (χ0v) is 15.1. The van der Waals surface area contributed by atoms with Gasteiger partial charge in [0, 0.05) is 22.1 Å². The summed E-state index contributed by atoms with van der Waals surface area (Å²) in [6.07, 6.45) is -0.285. The van der Waals surface area contributed by atoms with Crippen LogP contribution < -0.4 is 14.2 Å². The molecular formula is C21H18O6. The fourth-order valence-electron chi connectivity index (χ4n) is 3.86. The Morgan fingerprint density at radius 2 is 1.70 bits per heavy atom. The molecule has 0 radical (unpaired) electrons. The first-order valence-corrected chi connectivity index (χ1v) is 8.31. The molecule has 1 aliphatic rings. The van der Waals surface area contributed by atoms with E-state index in [4.69, 9.17) is 14.2 Å². The maximum Gasteiger partial charge on any atom is 0.168 e. The van der Waals surface area contributed by atoms with Gasteiger partial charge in [-0.3, -0.25) is 4.79 Å². The first kappa shape index (κ1) is 17.2. The summed E-state index contributed by atoms with van der Waals surface area (Å²) in [4.78, 5) is 11.7. The number of aliphatic hydroxyl groups excluding tert-OH is 1. The van der Waals surface area contributed by atoms with E-state index >= 15 is 0 Å². The minimum Gasteiger partial charge on any atom is -0.504 e. The van der Waals surface area contributed by atoms with Gasteiger partial charge in [-0.25, -0.2) is 0 Å². The lowest BCUT2D eigenvalue weighted by molar-refractivity contribution is 0.111. The highest BCUT2D eigenvalue weighted by Crippen LogP contribution is 2.54. The highest BCUT2D eigenvalue weighted by molar-refractivity contribution is 6.09. The number of methoxy groups -OCH3 is 3. The van der Waals surface area contributed by atoms with Gasteiger partial charge in [-0.15, -0.1) is 0 Å². The molecule has 0 amide bonds. The van der Waals surface area contributed by atoms with E-state index in [-0.39, 0.29) is 11.5 Å². The Labute approximate surface area is 155 Å². The van der Waals surface area contributed by atoms with E-state index in [2.05, 4.69) is 0 Å². The van der Waals surface area contributed by atoms with Crippen LogP contribution >= 0.6 is 0 Å². The zero-order chi connectivity index (χ0) is 19.3. The average Bonchev–Trinajstić information content (AvgIpc) is 2.98. The monoisotopic (exact) mass is 366 g/mol. The lowest BCUT2D eigenvalue weighted by Crippen LogP contribution is -2.00. The van der Waals surface area contributed by atoms with Crippen LogP contribution in [0.15, 0.2) is 30.3 Å². The fraction of sp³-hybridized carbons (Fsp3) is 0.190. The number of carbonyl (C=O) groups is 1. The minimum absolute atomic E-state index is 0.0190. The van der Waals surface area contributed by atoms with Crippen molar-refractivity contribution in [2.75, 3.05) is 21.3 Å². The van der Waals surface area contributed by atoms with Gasteiger partial charge < -0.3 is 24.4 Å². The van der Waals surface area contributed by atoms with E-state index in [1.165, 1.54) is 27.4 Å². The summed E-state index contributed by atoms with van der Waals surface area (Å²) in [6, 6.07) is 8.39. The van der Waals surface area contributed by atoms with E-state index in [1.54, 1.807) is 24.3 Å². The Bertz CT molecular complexity index is 1090. The molecule has 0 heterocycles. The van der Waals surface area contributed by atoms with E-state index in [9.17, 15) is 15.0 Å². The number of aliphatic hydroxyl groups is 1. The maximum atomic E-state index is 11.7. The second-order valence-electron chi connectivity index (χ2n) is 6.29. The lowest BCUT2D eigenvalue weighted by atomic mass is 9.93. The number of carbonyl (C=O) groups excluding carboxylic acids is 1. The van der Waals surface area contributed by atoms with Crippen molar-refractivity contribution in [2.24, 2.45) is 0 Å². The van der Waals surface area contributed by atoms with Crippen LogP contribution in [0.1, 0.15) is 27.6 Å². The van der Waals surface area contributed by atoms with Crippen molar-refractivity contribution in [1.29, 1.82) is 0 Å². The molecule has 0 aliphatic heterocycles. The third kappa shape index (κ3) is 2.27. The van der Waals surface area contributed by atoms with Crippen LogP contribution in [0.5, 0.6) is 23.0 Å². The topological polar surface area (TPSA) is 85.2 Å². The van der Waals surface area contributed by atoms with Crippen LogP contribution in [0.25, 0.3) is 21.9 Å². The molecule has 0 saturated heterocycles. The SMILES string of the molecule is COc1cc2c(cc1OC)[C@H](O)c1c(C=O)cc3ccc(O)c(OC)c3c1-2. The molecule has 1 aliphatic carbocycles. The predicted octanol–water partition coefficient (Wildman–Crippen LogP) is 3.45. The molecular weight excluding hydrogens is 348 g/mol. The summed E-state index contributed by atoms with van der Waals surface area (Å²) < 4.78 is 16.2. The smallest absolute Gasteiger partial charge is 0.168 e. The van der Waals surface area contributed by atoms with Gasteiger partial charge in [-0.1, -0.05) is 6.07 Å². The van der Waals surface area contributed by atoms with Crippen molar-refractivity contribution in [3.63, 3.8) is 0 Å². The number of ether oxygens (including phenoxy) is 3. The normalized spacial score (nSPS) is 14.6. The highest BCUT2D eigenvalue weighted by atomic mass is 16.5. The van der Waals surface area contributed by atoms with Crippen molar-refractivity contribution in [2.45, 2.75) is 6.10 Å². The summed E-state index contributed by atoms with van der Waals surface area (Å²) in [7, 11) is 4.52. The molecule has 0 spiro atoms. The number of hydrogen-bond acceptors (Lipinski definition) is 6. The zero-order valence-electron chi connectivity index (χ0n) is 15.1. The lowest BCUT2D eigenvalue weighted by Gasteiger charge is -2.15. The van der Waals surface area contributed by atoms with Gasteiger partial charge in [0.25, 0.3) is 0 Å². The average molecular weight is 366 g/mol. The summed E-state index contributed by atoms with van der Waals surface area (Å²) in [6.45, 7) is 0. The third-order valence-corrected chi connectivity index (χ3v) is 5.03. The number of rotatable bonds is 4. The Balaban J connectivity index is 2.20. The van der Waals surface area contributed by atoms with Crippen LogP contribution in [0.3, 0.4) is 0 Å². The molecule has 0 unspecified atom stereocenters. The molecule has 0 aromatic heterocycles. The van der Waals surface area contributed by atoms with Gasteiger partial charge in [0.05, 0.1) is 21.3 Å². The molecule has 0 saturated carbocycles. The number of hydrogen-bond donors (Lipinski definition) is 2. The second-order valence-corrected chi connectivity index (χ2v) is 6.29. The van der Waals surface area contributed by atoms with E-state index < -0.39 is 6.10 Å². The molecule has 4 rings (SSSR count). The molecule has 6 nitrogen and oxygen atoms in total. The number of fused-ring (bicyclic) bond motifs is 5. The van der Waals surface area contributed by atoms with Gasteiger partial charge >= 0.3 is 0 Å². The Hall–Kier alpha value is -3.25. The molecule has 1 atom stereocenters. The third-order valence-electron chi connectivity index (χ3n) is 5.03. The van der Waals surface area contributed by atoms with Gasteiger partial charge in [-0.05, 0) is 40.8 Å². The molecule has 0 fully saturated rings. The molecule has 2 N–H and O–H groups in total. The summed E-state index contributed by atoms with van der Waals surface area (Å²) in [5, 5.41) is 22.6. The number of aromatic hydroxyl groups is 1. The Morgan fingerprint density at radius 1 is 1.00 bits per heavy atom. The Morgan fingerprint density at radius 3 is 2.33 bits per heavy atom. The molecule has 27 heavy (non-hydrogen) atoms. The van der Waals surface area contributed by atoms with Crippen molar-refractivity contribution < 1.29 is 29.2 Å². The van der Waals surface area contributed by atoms with Gasteiger partial charge in [0.1, 0.15) is 12.4 Å². The van der Waals surface area contributed by atoms with Gasteiger partial charge in [0.15, 0.2) is 23.0 Å². The van der Waals surface area contributed by atoms with Crippen molar-refractivity contribution in [3.8, 4) is 34.1 Å². The first-order valence-electron chi connectivity index (χ1n) is 8.31. The van der Waals surface area contributed by atoms with Gasteiger partial charge in [-0.2, -0.15) is 0 Å². The van der Waals surface area contributed by atoms with Crippen molar-refractivity contribution in [3.05, 3.63) is 47.0 Å². The number of phenolic OH excluding ortho intramolecular Hbond substituents is 1. The van der Waals surface area contributed by atoms with Crippen LogP contribution in [0.4, 0.5) is 0 Å². The quantitative estimate of drug-likeness (QED) is 0.688. The van der Waals surface area contributed by atoms with E-state index in [0.29, 0.717) is 44.7 Å². The summed E-state index contributed by atoms with van der Waals surface area (Å²) >= 11 is 0. The highest BCUT2D eigenvalue weighted by Gasteiger charge is 2.34. The molecule has 0 bridgehead atoms. The largest absolute Gasteiger partial charge is 0.504 e. The molecule has 6 heteroatoms. The number of aldehydes is 1. The minimum atomic E-state index is -1.01. The summed E-state index contributed by atoms with van der Waals surface area (Å²) in [5.41, 5.74) is 2.81. The molecule has 3 aromatic rings. The molecule has 138 valence electrons. The standard InChI is InChI=1S/C21H18O6/c1-25-15-7-12-13(8-16(15)26-2)20(24)17-11(9-22)6-10-4-5-14(23)21(27-3)18(10)19(12)17/h4-9,20,23-24H,1-3H3/t20-/m0/s1. The first-order chi connectivity index (χ1) is 13.0. The Kier molecular flexibility index (Phi) is 3.93. The van der Waals surface area contributed by atoms with Crippen LogP contribution in [-0.4, -0.2) is 37.8 Å². The summed E-state index contributed by atoms with van der Waals surface area (Å²) in [5.74, 6) is 1.25. The maximum absolute atomic E-state index is 11.7. The van der Waals surface area contributed by atoms with Crippen LogP contribution in [-0.2, 0) is 0 Å². The van der Waals surface area contributed by atoms with E-state index in [0.717, 1.165) is 11.7 Å². The van der Waals surface area contributed by atoms with Crippen molar-refractivity contribution >= 4 is 17.1 Å². The van der Waals surface area contributed by atoms with Crippen molar-refractivity contribution in [1.82, 2.24) is 0 Å². The number of benzene rings is 3. The van der Waals surface area contributed by atoms with Crippen LogP contribution in [0, 0.1) is 0 Å². The second kappa shape index (κ2) is 6.17. The predicted molar refractivity (Wildman–Crippen MR) is 100 cm³/mol. The van der Waals surface area contributed by atoms with Crippen LogP contribution in [0.2, 0.25) is 0 Å². The molecule has 3 aromatic carbocycles.